The lowest BCUT2D eigenvalue weighted by Crippen LogP contribution is -2.12. The summed E-state index contributed by atoms with van der Waals surface area (Å²) in [5.74, 6) is 0.768. The van der Waals surface area contributed by atoms with Crippen LogP contribution in [0.3, 0.4) is 0 Å². The smallest absolute Gasteiger partial charge is 0.0925 e. The van der Waals surface area contributed by atoms with E-state index in [0.717, 1.165) is 31.1 Å². The Bertz CT molecular complexity index is 510. The molecule has 1 aliphatic rings. The summed E-state index contributed by atoms with van der Waals surface area (Å²) in [4.78, 5) is 0. The molecule has 1 saturated heterocycles. The van der Waals surface area contributed by atoms with Gasteiger partial charge in [0.15, 0.2) is 0 Å². The van der Waals surface area contributed by atoms with E-state index in [-0.39, 0.29) is 0 Å². The van der Waals surface area contributed by atoms with E-state index >= 15 is 0 Å². The molecule has 0 amide bonds. The topological polar surface area (TPSA) is 29.9 Å². The first-order valence-electron chi connectivity index (χ1n) is 6.62. The van der Waals surface area contributed by atoms with Crippen LogP contribution in [0.2, 0.25) is 0 Å². The number of nitrogens with one attached hydrogen (secondary N) is 1. The molecular formula is C15H19N3. The average Bonchev–Trinajstić information content (AvgIpc) is 3.02. The van der Waals surface area contributed by atoms with Gasteiger partial charge in [-0.05, 0) is 37.9 Å². The molecule has 0 radical (unpaired) electrons. The maximum atomic E-state index is 4.62. The minimum Gasteiger partial charge on any atom is -0.316 e. The van der Waals surface area contributed by atoms with Crippen LogP contribution in [-0.2, 0) is 13.5 Å². The molecule has 1 unspecified atom stereocenters. The molecule has 94 valence electrons. The zero-order valence-electron chi connectivity index (χ0n) is 10.8. The summed E-state index contributed by atoms with van der Waals surface area (Å²) in [7, 11) is 2.05. The number of nitrogens with zero attached hydrogens (tertiary/aromatic N) is 2. The van der Waals surface area contributed by atoms with Gasteiger partial charge in [-0.25, -0.2) is 0 Å². The van der Waals surface area contributed by atoms with Crippen LogP contribution in [0.5, 0.6) is 0 Å². The molecule has 1 atom stereocenters. The van der Waals surface area contributed by atoms with Gasteiger partial charge in [0, 0.05) is 18.3 Å². The molecule has 3 heteroatoms. The van der Waals surface area contributed by atoms with Gasteiger partial charge in [0.1, 0.15) is 0 Å². The fraction of sp³-hybridized carbons (Fsp3) is 0.400. The van der Waals surface area contributed by atoms with Crippen molar-refractivity contribution in [3.63, 3.8) is 0 Å². The van der Waals surface area contributed by atoms with Crippen molar-refractivity contribution in [1.29, 1.82) is 0 Å². The quantitative estimate of drug-likeness (QED) is 0.893. The van der Waals surface area contributed by atoms with Gasteiger partial charge in [-0.2, -0.15) is 5.10 Å². The molecule has 1 fully saturated rings. The molecule has 18 heavy (non-hydrogen) atoms. The van der Waals surface area contributed by atoms with Gasteiger partial charge >= 0.3 is 0 Å². The molecule has 0 spiro atoms. The summed E-state index contributed by atoms with van der Waals surface area (Å²) in [5, 5.41) is 8.04. The Labute approximate surface area is 108 Å². The van der Waals surface area contributed by atoms with Crippen molar-refractivity contribution in [1.82, 2.24) is 15.1 Å². The lowest BCUT2D eigenvalue weighted by molar-refractivity contribution is 0.548. The molecule has 1 aromatic carbocycles. The first-order chi connectivity index (χ1) is 8.83. The Kier molecular flexibility index (Phi) is 3.15. The van der Waals surface area contributed by atoms with Crippen LogP contribution in [0.25, 0.3) is 11.3 Å². The highest BCUT2D eigenvalue weighted by Gasteiger charge is 2.17. The molecule has 2 aromatic rings. The largest absolute Gasteiger partial charge is 0.316 e. The fourth-order valence-electron chi connectivity index (χ4n) is 2.63. The number of benzene rings is 1. The van der Waals surface area contributed by atoms with Crippen molar-refractivity contribution >= 4 is 0 Å². The fourth-order valence-corrected chi connectivity index (χ4v) is 2.63. The van der Waals surface area contributed by atoms with Crippen LogP contribution in [0, 0.1) is 5.92 Å². The highest BCUT2D eigenvalue weighted by Crippen LogP contribution is 2.21. The maximum Gasteiger partial charge on any atom is 0.0925 e. The molecule has 0 bridgehead atoms. The van der Waals surface area contributed by atoms with E-state index in [1.54, 1.807) is 0 Å². The Morgan fingerprint density at radius 1 is 1.33 bits per heavy atom. The van der Waals surface area contributed by atoms with E-state index < -0.39 is 0 Å². The molecule has 1 aliphatic heterocycles. The van der Waals surface area contributed by atoms with E-state index in [1.807, 2.05) is 17.8 Å². The molecule has 0 saturated carbocycles. The van der Waals surface area contributed by atoms with Crippen LogP contribution in [-0.4, -0.2) is 22.9 Å². The maximum absolute atomic E-state index is 4.62. The predicted molar refractivity (Wildman–Crippen MR) is 73.3 cm³/mol. The first-order valence-corrected chi connectivity index (χ1v) is 6.62. The van der Waals surface area contributed by atoms with Gasteiger partial charge in [-0.3, -0.25) is 4.68 Å². The standard InChI is InChI=1S/C15H19N3/c1-18-14(9-12-7-8-16-11-12)10-15(17-18)13-5-3-2-4-6-13/h2-6,10,12,16H,7-9,11H2,1H3. The van der Waals surface area contributed by atoms with Crippen LogP contribution in [0.4, 0.5) is 0 Å². The SMILES string of the molecule is Cn1nc(-c2ccccc2)cc1CC1CCNC1. The zero-order valence-corrected chi connectivity index (χ0v) is 10.8. The highest BCUT2D eigenvalue weighted by molar-refractivity contribution is 5.59. The Balaban J connectivity index is 1.82. The van der Waals surface area contributed by atoms with E-state index in [9.17, 15) is 0 Å². The molecule has 1 aromatic heterocycles. The van der Waals surface area contributed by atoms with Gasteiger partial charge in [-0.1, -0.05) is 30.3 Å². The summed E-state index contributed by atoms with van der Waals surface area (Å²) in [6.07, 6.45) is 2.41. The van der Waals surface area contributed by atoms with Crippen molar-refractivity contribution in [2.24, 2.45) is 13.0 Å². The third-order valence-corrected chi connectivity index (χ3v) is 3.71. The van der Waals surface area contributed by atoms with Crippen molar-refractivity contribution in [2.75, 3.05) is 13.1 Å². The van der Waals surface area contributed by atoms with Gasteiger partial charge in [0.2, 0.25) is 0 Å². The number of aryl methyl sites for hydroxylation is 1. The van der Waals surface area contributed by atoms with Gasteiger partial charge in [-0.15, -0.1) is 0 Å². The predicted octanol–water partition coefficient (Wildman–Crippen LogP) is 2.24. The second kappa shape index (κ2) is 4.94. The van der Waals surface area contributed by atoms with E-state index in [4.69, 9.17) is 0 Å². The average molecular weight is 241 g/mol. The van der Waals surface area contributed by atoms with Crippen molar-refractivity contribution in [3.05, 3.63) is 42.1 Å². The van der Waals surface area contributed by atoms with E-state index in [1.165, 1.54) is 17.7 Å². The van der Waals surface area contributed by atoms with Crippen molar-refractivity contribution in [2.45, 2.75) is 12.8 Å². The summed E-state index contributed by atoms with van der Waals surface area (Å²) < 4.78 is 2.03. The van der Waals surface area contributed by atoms with Crippen molar-refractivity contribution in [3.8, 4) is 11.3 Å². The first kappa shape index (κ1) is 11.5. The Morgan fingerprint density at radius 2 is 2.17 bits per heavy atom. The van der Waals surface area contributed by atoms with Gasteiger partial charge < -0.3 is 5.32 Å². The van der Waals surface area contributed by atoms with Crippen LogP contribution >= 0.6 is 0 Å². The van der Waals surface area contributed by atoms with Gasteiger partial charge in [0.25, 0.3) is 0 Å². The monoisotopic (exact) mass is 241 g/mol. The third kappa shape index (κ3) is 2.31. The Morgan fingerprint density at radius 3 is 2.89 bits per heavy atom. The number of aromatic nitrogens is 2. The summed E-state index contributed by atoms with van der Waals surface area (Å²) in [6, 6.07) is 12.6. The summed E-state index contributed by atoms with van der Waals surface area (Å²) >= 11 is 0. The summed E-state index contributed by atoms with van der Waals surface area (Å²) in [6.45, 7) is 2.31. The molecule has 1 N–H and O–H groups in total. The second-order valence-corrected chi connectivity index (χ2v) is 5.07. The number of hydrogen-bond donors (Lipinski definition) is 1. The van der Waals surface area contributed by atoms with E-state index in [2.05, 4.69) is 40.7 Å². The van der Waals surface area contributed by atoms with Crippen LogP contribution < -0.4 is 5.32 Å². The minimum absolute atomic E-state index is 0.768. The van der Waals surface area contributed by atoms with Gasteiger partial charge in [0.05, 0.1) is 5.69 Å². The van der Waals surface area contributed by atoms with Crippen LogP contribution in [0.1, 0.15) is 12.1 Å². The van der Waals surface area contributed by atoms with Crippen molar-refractivity contribution < 1.29 is 0 Å². The Hall–Kier alpha value is -1.61. The molecular weight excluding hydrogens is 222 g/mol. The lowest BCUT2D eigenvalue weighted by atomic mass is 10.0. The highest BCUT2D eigenvalue weighted by atomic mass is 15.3. The number of rotatable bonds is 3. The normalized spacial score (nSPS) is 19.3. The van der Waals surface area contributed by atoms with Crippen LogP contribution in [0.15, 0.2) is 36.4 Å². The summed E-state index contributed by atoms with van der Waals surface area (Å²) in [5.41, 5.74) is 3.62. The molecule has 3 nitrogen and oxygen atoms in total. The lowest BCUT2D eigenvalue weighted by Gasteiger charge is -2.07. The molecule has 3 rings (SSSR count). The third-order valence-electron chi connectivity index (χ3n) is 3.71. The molecule has 0 aliphatic carbocycles. The molecule has 2 heterocycles. The zero-order chi connectivity index (χ0) is 12.4. The van der Waals surface area contributed by atoms with E-state index in [0.29, 0.717) is 0 Å². The minimum atomic E-state index is 0.768. The number of hydrogen-bond acceptors (Lipinski definition) is 2. The second-order valence-electron chi connectivity index (χ2n) is 5.07.